The number of aromatic nitrogens is 1. The third kappa shape index (κ3) is 3.05. The fourth-order valence-corrected chi connectivity index (χ4v) is 1.29. The second-order valence-corrected chi connectivity index (χ2v) is 2.97. The van der Waals surface area contributed by atoms with Gasteiger partial charge in [-0.15, -0.1) is 0 Å². The Labute approximate surface area is 86.8 Å². The summed E-state index contributed by atoms with van der Waals surface area (Å²) >= 11 is 0. The van der Waals surface area contributed by atoms with Crippen LogP contribution in [0.15, 0.2) is 29.2 Å². The highest BCUT2D eigenvalue weighted by molar-refractivity contribution is 5.53. The average molecular weight is 208 g/mol. The van der Waals surface area contributed by atoms with Crippen LogP contribution < -0.4 is 5.56 Å². The Morgan fingerprint density at radius 1 is 1.53 bits per heavy atom. The molecule has 0 spiro atoms. The second-order valence-electron chi connectivity index (χ2n) is 2.97. The minimum absolute atomic E-state index is 0.1000. The van der Waals surface area contributed by atoms with E-state index < -0.39 is 0 Å². The highest BCUT2D eigenvalue weighted by Crippen LogP contribution is 2.07. The Morgan fingerprint density at radius 3 is 2.93 bits per heavy atom. The first-order valence-corrected chi connectivity index (χ1v) is 4.51. The van der Waals surface area contributed by atoms with E-state index in [2.05, 4.69) is 4.74 Å². The van der Waals surface area contributed by atoms with Crippen molar-refractivity contribution in [2.24, 2.45) is 0 Å². The van der Waals surface area contributed by atoms with E-state index in [0.29, 0.717) is 12.9 Å². The maximum atomic E-state index is 11.4. The molecule has 0 saturated heterocycles. The van der Waals surface area contributed by atoms with E-state index in [1.165, 1.54) is 16.8 Å². The molecule has 1 heterocycles. The standard InChI is InChI=1S/C10H12N2O3/c11-5-4-9(7-15-8-13)12-6-2-1-3-10(12)14/h1-3,5-6,8-9,11H,4,7H2. The lowest BCUT2D eigenvalue weighted by Gasteiger charge is -2.16. The third-order valence-electron chi connectivity index (χ3n) is 1.99. The van der Waals surface area contributed by atoms with Crippen molar-refractivity contribution in [1.82, 2.24) is 4.57 Å². The van der Waals surface area contributed by atoms with Gasteiger partial charge in [0.25, 0.3) is 12.0 Å². The SMILES string of the molecule is N=CCC(COC=O)n1ccccc1=O. The second kappa shape index (κ2) is 5.74. The summed E-state index contributed by atoms with van der Waals surface area (Å²) < 4.78 is 6.07. The highest BCUT2D eigenvalue weighted by atomic mass is 16.5. The lowest BCUT2D eigenvalue weighted by Crippen LogP contribution is -2.26. The molecule has 0 aliphatic carbocycles. The number of hydrogen-bond donors (Lipinski definition) is 1. The van der Waals surface area contributed by atoms with Crippen LogP contribution in [0.4, 0.5) is 0 Å². The maximum Gasteiger partial charge on any atom is 0.293 e. The molecule has 0 amide bonds. The van der Waals surface area contributed by atoms with Crippen LogP contribution in [0.25, 0.3) is 0 Å². The van der Waals surface area contributed by atoms with Crippen LogP contribution in [0.5, 0.6) is 0 Å². The van der Waals surface area contributed by atoms with Crippen LogP contribution in [0.1, 0.15) is 12.5 Å². The number of nitrogens with zero attached hydrogens (tertiary/aromatic N) is 1. The minimum Gasteiger partial charge on any atom is -0.466 e. The van der Waals surface area contributed by atoms with Crippen molar-refractivity contribution < 1.29 is 9.53 Å². The van der Waals surface area contributed by atoms with Crippen molar-refractivity contribution in [1.29, 1.82) is 5.41 Å². The number of hydrogen-bond acceptors (Lipinski definition) is 4. The summed E-state index contributed by atoms with van der Waals surface area (Å²) in [5, 5.41) is 7.00. The molecule has 1 atom stereocenters. The van der Waals surface area contributed by atoms with E-state index in [1.807, 2.05) is 0 Å². The molecule has 1 aromatic heterocycles. The monoisotopic (exact) mass is 208 g/mol. The highest BCUT2D eigenvalue weighted by Gasteiger charge is 2.10. The average Bonchev–Trinajstić information content (AvgIpc) is 2.25. The van der Waals surface area contributed by atoms with Gasteiger partial charge in [-0.3, -0.25) is 9.59 Å². The van der Waals surface area contributed by atoms with Gasteiger partial charge >= 0.3 is 0 Å². The molecule has 15 heavy (non-hydrogen) atoms. The molecule has 5 nitrogen and oxygen atoms in total. The van der Waals surface area contributed by atoms with Gasteiger partial charge in [0.05, 0.1) is 6.04 Å². The van der Waals surface area contributed by atoms with Gasteiger partial charge < -0.3 is 14.7 Å². The summed E-state index contributed by atoms with van der Waals surface area (Å²) in [6.07, 6.45) is 3.17. The van der Waals surface area contributed by atoms with Gasteiger partial charge in [0, 0.05) is 18.7 Å². The van der Waals surface area contributed by atoms with E-state index in [-0.39, 0.29) is 18.2 Å². The first-order chi connectivity index (χ1) is 7.29. The van der Waals surface area contributed by atoms with Gasteiger partial charge in [0.15, 0.2) is 0 Å². The molecule has 0 saturated carbocycles. The predicted octanol–water partition coefficient (Wildman–Crippen LogP) is 0.602. The van der Waals surface area contributed by atoms with Gasteiger partial charge in [-0.25, -0.2) is 0 Å². The molecule has 1 aromatic rings. The fraction of sp³-hybridized carbons (Fsp3) is 0.300. The fourth-order valence-electron chi connectivity index (χ4n) is 1.29. The summed E-state index contributed by atoms with van der Waals surface area (Å²) in [5.41, 5.74) is -0.168. The first-order valence-electron chi connectivity index (χ1n) is 4.51. The molecule has 0 aliphatic rings. The summed E-state index contributed by atoms with van der Waals surface area (Å²) in [6, 6.07) is 4.49. The molecule has 80 valence electrons. The number of ether oxygens (including phenoxy) is 1. The number of nitrogens with one attached hydrogen (secondary N) is 1. The Balaban J connectivity index is 2.87. The van der Waals surface area contributed by atoms with Crippen LogP contribution in [0.2, 0.25) is 0 Å². The number of pyridine rings is 1. The van der Waals surface area contributed by atoms with Crippen molar-refractivity contribution in [2.75, 3.05) is 6.61 Å². The van der Waals surface area contributed by atoms with Gasteiger partial charge in [0.1, 0.15) is 6.61 Å². The van der Waals surface area contributed by atoms with Crippen LogP contribution >= 0.6 is 0 Å². The van der Waals surface area contributed by atoms with Gasteiger partial charge in [-0.05, 0) is 12.3 Å². The Hall–Kier alpha value is -1.91. The molecule has 0 aliphatic heterocycles. The van der Waals surface area contributed by atoms with Crippen LogP contribution in [-0.2, 0) is 9.53 Å². The predicted molar refractivity (Wildman–Crippen MR) is 55.2 cm³/mol. The zero-order valence-corrected chi connectivity index (χ0v) is 8.13. The Kier molecular flexibility index (Phi) is 4.28. The van der Waals surface area contributed by atoms with Crippen LogP contribution in [0.3, 0.4) is 0 Å². The zero-order chi connectivity index (χ0) is 11.1. The van der Waals surface area contributed by atoms with Crippen molar-refractivity contribution >= 4 is 12.7 Å². The molecule has 1 N–H and O–H groups in total. The van der Waals surface area contributed by atoms with Crippen molar-refractivity contribution in [3.05, 3.63) is 34.7 Å². The number of carbonyl (C=O) groups excluding carboxylic acids is 1. The van der Waals surface area contributed by atoms with E-state index in [4.69, 9.17) is 5.41 Å². The van der Waals surface area contributed by atoms with Crippen LogP contribution in [-0.4, -0.2) is 23.9 Å². The molecular weight excluding hydrogens is 196 g/mol. The molecule has 1 rings (SSSR count). The van der Waals surface area contributed by atoms with Crippen molar-refractivity contribution in [3.63, 3.8) is 0 Å². The molecular formula is C10H12N2O3. The molecule has 0 bridgehead atoms. The quantitative estimate of drug-likeness (QED) is 0.549. The smallest absolute Gasteiger partial charge is 0.293 e. The zero-order valence-electron chi connectivity index (χ0n) is 8.13. The summed E-state index contributed by atoms with van der Waals surface area (Å²) in [6.45, 7) is 0.438. The molecule has 5 heteroatoms. The lowest BCUT2D eigenvalue weighted by molar-refractivity contribution is -0.129. The van der Waals surface area contributed by atoms with E-state index >= 15 is 0 Å². The van der Waals surface area contributed by atoms with Crippen molar-refractivity contribution in [3.8, 4) is 0 Å². The normalized spacial score (nSPS) is 11.7. The first kappa shape index (κ1) is 11.2. The van der Waals surface area contributed by atoms with Crippen molar-refractivity contribution in [2.45, 2.75) is 12.5 Å². The topological polar surface area (TPSA) is 72.2 Å². The van der Waals surface area contributed by atoms with E-state index in [1.54, 1.807) is 18.3 Å². The Bertz CT molecular complexity index is 386. The van der Waals surface area contributed by atoms with Crippen LogP contribution in [0, 0.1) is 5.41 Å². The summed E-state index contributed by atoms with van der Waals surface area (Å²) in [7, 11) is 0. The minimum atomic E-state index is -0.304. The lowest BCUT2D eigenvalue weighted by atomic mass is 10.2. The molecule has 1 unspecified atom stereocenters. The summed E-state index contributed by atoms with van der Waals surface area (Å²) in [4.78, 5) is 21.5. The van der Waals surface area contributed by atoms with E-state index in [9.17, 15) is 9.59 Å². The molecule has 0 aromatic carbocycles. The molecule has 0 fully saturated rings. The third-order valence-corrected chi connectivity index (χ3v) is 1.99. The number of rotatable bonds is 6. The van der Waals surface area contributed by atoms with Gasteiger partial charge in [-0.1, -0.05) is 6.07 Å². The number of carbonyl (C=O) groups is 1. The van der Waals surface area contributed by atoms with E-state index in [0.717, 1.165) is 0 Å². The largest absolute Gasteiger partial charge is 0.466 e. The maximum absolute atomic E-state index is 11.4. The molecule has 0 radical (unpaired) electrons. The van der Waals surface area contributed by atoms with Gasteiger partial charge in [-0.2, -0.15) is 0 Å². The summed E-state index contributed by atoms with van der Waals surface area (Å²) in [5.74, 6) is 0. The van der Waals surface area contributed by atoms with Gasteiger partial charge in [0.2, 0.25) is 0 Å². The Morgan fingerprint density at radius 2 is 2.33 bits per heavy atom.